The highest BCUT2D eigenvalue weighted by molar-refractivity contribution is 6.12. The van der Waals surface area contributed by atoms with Gasteiger partial charge in [0, 0.05) is 5.71 Å². The van der Waals surface area contributed by atoms with Gasteiger partial charge in [-0.1, -0.05) is 6.07 Å². The quantitative estimate of drug-likeness (QED) is 0.693. The number of anilines is 1. The number of carbonyl (C=O) groups is 1. The van der Waals surface area contributed by atoms with Crippen LogP contribution in [-0.2, 0) is 4.79 Å². The van der Waals surface area contributed by atoms with Crippen LogP contribution in [0, 0.1) is 12.7 Å². The topological polar surface area (TPSA) is 32.7 Å². The lowest BCUT2D eigenvalue weighted by molar-refractivity contribution is -0.116. The molecule has 0 spiro atoms. The summed E-state index contributed by atoms with van der Waals surface area (Å²) in [6.07, 6.45) is 0.315. The van der Waals surface area contributed by atoms with Crippen molar-refractivity contribution in [3.8, 4) is 0 Å². The Kier molecular flexibility index (Phi) is 2.26. The molecule has 15 heavy (non-hydrogen) atoms. The molecule has 1 amide bonds. The first-order valence-electron chi connectivity index (χ1n) is 4.71. The van der Waals surface area contributed by atoms with Crippen molar-refractivity contribution in [2.75, 3.05) is 5.01 Å². The first-order valence-corrected chi connectivity index (χ1v) is 4.71. The summed E-state index contributed by atoms with van der Waals surface area (Å²) in [6.45, 7) is 3.46. The predicted octanol–water partition coefficient (Wildman–Crippen LogP) is 2.25. The maximum absolute atomic E-state index is 13.3. The maximum Gasteiger partial charge on any atom is 0.253 e. The largest absolute Gasteiger partial charge is 0.272 e. The summed E-state index contributed by atoms with van der Waals surface area (Å²) in [5, 5.41) is 5.29. The van der Waals surface area contributed by atoms with E-state index in [9.17, 15) is 9.18 Å². The molecule has 1 aromatic carbocycles. The Labute approximate surface area is 87.2 Å². The van der Waals surface area contributed by atoms with Gasteiger partial charge < -0.3 is 0 Å². The van der Waals surface area contributed by atoms with Gasteiger partial charge >= 0.3 is 0 Å². The van der Waals surface area contributed by atoms with Gasteiger partial charge in [0.05, 0.1) is 12.1 Å². The average Bonchev–Trinajstić information content (AvgIpc) is 2.50. The molecule has 1 aliphatic heterocycles. The Hall–Kier alpha value is -1.71. The van der Waals surface area contributed by atoms with Gasteiger partial charge in [-0.2, -0.15) is 5.10 Å². The molecule has 2 rings (SSSR count). The maximum atomic E-state index is 13.3. The van der Waals surface area contributed by atoms with Crippen molar-refractivity contribution in [3.05, 3.63) is 29.6 Å². The fourth-order valence-electron chi connectivity index (χ4n) is 1.47. The summed E-state index contributed by atoms with van der Waals surface area (Å²) in [4.78, 5) is 11.5. The minimum atomic E-state index is -0.319. The Morgan fingerprint density at radius 2 is 2.13 bits per heavy atom. The molecule has 0 atom stereocenters. The Morgan fingerprint density at radius 1 is 1.40 bits per heavy atom. The van der Waals surface area contributed by atoms with Crippen LogP contribution in [0.4, 0.5) is 10.1 Å². The van der Waals surface area contributed by atoms with E-state index in [1.807, 2.05) is 0 Å². The lowest BCUT2D eigenvalue weighted by atomic mass is 10.2. The Bertz CT molecular complexity index is 454. The van der Waals surface area contributed by atoms with Crippen LogP contribution in [0.1, 0.15) is 18.9 Å². The highest BCUT2D eigenvalue weighted by Crippen LogP contribution is 2.22. The fourth-order valence-corrected chi connectivity index (χ4v) is 1.47. The first-order chi connectivity index (χ1) is 7.08. The number of benzene rings is 1. The van der Waals surface area contributed by atoms with E-state index < -0.39 is 0 Å². The molecule has 0 radical (unpaired) electrons. The van der Waals surface area contributed by atoms with Gasteiger partial charge in [-0.3, -0.25) is 4.79 Å². The summed E-state index contributed by atoms with van der Waals surface area (Å²) in [7, 11) is 0. The van der Waals surface area contributed by atoms with E-state index in [4.69, 9.17) is 0 Å². The number of aryl methyl sites for hydroxylation is 1. The highest BCUT2D eigenvalue weighted by atomic mass is 19.1. The van der Waals surface area contributed by atoms with Crippen molar-refractivity contribution < 1.29 is 9.18 Å². The Morgan fingerprint density at radius 3 is 2.67 bits per heavy atom. The molecule has 0 saturated heterocycles. The molecule has 0 aromatic heterocycles. The summed E-state index contributed by atoms with van der Waals surface area (Å²) in [6, 6.07) is 4.66. The van der Waals surface area contributed by atoms with Crippen molar-refractivity contribution in [1.82, 2.24) is 0 Å². The van der Waals surface area contributed by atoms with E-state index >= 15 is 0 Å². The molecule has 4 heteroatoms. The second-order valence-corrected chi connectivity index (χ2v) is 3.65. The predicted molar refractivity (Wildman–Crippen MR) is 56.3 cm³/mol. The van der Waals surface area contributed by atoms with Crippen LogP contribution in [-0.4, -0.2) is 11.6 Å². The van der Waals surface area contributed by atoms with Crippen molar-refractivity contribution >= 4 is 17.3 Å². The Balaban J connectivity index is 2.38. The minimum Gasteiger partial charge on any atom is -0.272 e. The average molecular weight is 206 g/mol. The van der Waals surface area contributed by atoms with Gasteiger partial charge in [-0.05, 0) is 31.5 Å². The van der Waals surface area contributed by atoms with E-state index in [2.05, 4.69) is 5.10 Å². The third kappa shape index (κ3) is 1.75. The molecule has 0 N–H and O–H groups in total. The molecule has 0 saturated carbocycles. The van der Waals surface area contributed by atoms with Crippen molar-refractivity contribution in [3.63, 3.8) is 0 Å². The van der Waals surface area contributed by atoms with Crippen LogP contribution in [0.25, 0.3) is 0 Å². The molecule has 3 nitrogen and oxygen atoms in total. The minimum absolute atomic E-state index is 0.115. The van der Waals surface area contributed by atoms with Gasteiger partial charge in [-0.15, -0.1) is 0 Å². The number of amides is 1. The number of halogens is 1. The van der Waals surface area contributed by atoms with E-state index in [0.29, 0.717) is 17.7 Å². The summed E-state index contributed by atoms with van der Waals surface area (Å²) >= 11 is 0. The summed E-state index contributed by atoms with van der Waals surface area (Å²) < 4.78 is 13.3. The van der Waals surface area contributed by atoms with Crippen LogP contribution >= 0.6 is 0 Å². The molecule has 1 aromatic rings. The third-order valence-corrected chi connectivity index (χ3v) is 2.31. The molecular weight excluding hydrogens is 195 g/mol. The lowest BCUT2D eigenvalue weighted by Crippen LogP contribution is -2.19. The molecule has 0 unspecified atom stereocenters. The fraction of sp³-hybridized carbons (Fsp3) is 0.273. The SMILES string of the molecule is CC1=NN(c2ccc(C)c(F)c2)C(=O)C1. The van der Waals surface area contributed by atoms with E-state index in [0.717, 1.165) is 5.71 Å². The second kappa shape index (κ2) is 3.46. The van der Waals surface area contributed by atoms with Crippen LogP contribution < -0.4 is 5.01 Å². The van der Waals surface area contributed by atoms with Crippen molar-refractivity contribution in [2.24, 2.45) is 5.10 Å². The molecule has 0 bridgehead atoms. The molecule has 1 aliphatic rings. The number of carbonyl (C=O) groups excluding carboxylic acids is 1. The number of hydrazone groups is 1. The number of nitrogens with zero attached hydrogens (tertiary/aromatic N) is 2. The van der Waals surface area contributed by atoms with Gasteiger partial charge in [-0.25, -0.2) is 9.40 Å². The molecular formula is C11H11FN2O. The van der Waals surface area contributed by atoms with Gasteiger partial charge in [0.25, 0.3) is 5.91 Å². The summed E-state index contributed by atoms with van der Waals surface area (Å²) in [5.74, 6) is -0.434. The van der Waals surface area contributed by atoms with Crippen LogP contribution in [0.5, 0.6) is 0 Å². The van der Waals surface area contributed by atoms with E-state index in [1.165, 1.54) is 11.1 Å². The van der Waals surface area contributed by atoms with Gasteiger partial charge in [0.1, 0.15) is 5.82 Å². The first kappa shape index (κ1) is 9.83. The zero-order chi connectivity index (χ0) is 11.0. The van der Waals surface area contributed by atoms with Crippen molar-refractivity contribution in [1.29, 1.82) is 0 Å². The van der Waals surface area contributed by atoms with Crippen LogP contribution in [0.3, 0.4) is 0 Å². The normalized spacial score (nSPS) is 15.8. The molecule has 1 heterocycles. The monoisotopic (exact) mass is 206 g/mol. The molecule has 0 fully saturated rings. The standard InChI is InChI=1S/C11H11FN2O/c1-7-3-4-9(6-10(7)12)14-11(15)5-8(2)13-14/h3-4,6H,5H2,1-2H3. The number of hydrogen-bond acceptors (Lipinski definition) is 2. The summed E-state index contributed by atoms with van der Waals surface area (Å²) in [5.41, 5.74) is 1.80. The number of rotatable bonds is 1. The van der Waals surface area contributed by atoms with Crippen LogP contribution in [0.2, 0.25) is 0 Å². The van der Waals surface area contributed by atoms with Crippen molar-refractivity contribution in [2.45, 2.75) is 20.3 Å². The smallest absolute Gasteiger partial charge is 0.253 e. The molecule has 78 valence electrons. The van der Waals surface area contributed by atoms with Gasteiger partial charge in [0.2, 0.25) is 0 Å². The zero-order valence-electron chi connectivity index (χ0n) is 8.62. The number of hydrogen-bond donors (Lipinski definition) is 0. The van der Waals surface area contributed by atoms with Crippen LogP contribution in [0.15, 0.2) is 23.3 Å². The van der Waals surface area contributed by atoms with Gasteiger partial charge in [0.15, 0.2) is 0 Å². The van der Waals surface area contributed by atoms with E-state index in [1.54, 1.807) is 26.0 Å². The highest BCUT2D eigenvalue weighted by Gasteiger charge is 2.22. The second-order valence-electron chi connectivity index (χ2n) is 3.65. The zero-order valence-corrected chi connectivity index (χ0v) is 8.62. The van der Waals surface area contributed by atoms with E-state index in [-0.39, 0.29) is 11.7 Å². The lowest BCUT2D eigenvalue weighted by Gasteiger charge is -2.12. The molecule has 0 aliphatic carbocycles. The third-order valence-electron chi connectivity index (χ3n) is 2.31.